The summed E-state index contributed by atoms with van der Waals surface area (Å²) in [6.45, 7) is 6.61. The normalized spacial score (nSPS) is 22.9. The Morgan fingerprint density at radius 2 is 2.09 bits per heavy atom. The number of aryl methyl sites for hydroxylation is 1. The summed E-state index contributed by atoms with van der Waals surface area (Å²) in [6, 6.07) is 4.37. The zero-order valence-corrected chi connectivity index (χ0v) is 14.3. The summed E-state index contributed by atoms with van der Waals surface area (Å²) in [5, 5.41) is 0. The first kappa shape index (κ1) is 16.2. The lowest BCUT2D eigenvalue weighted by Crippen LogP contribution is -2.39. The Hall–Kier alpha value is -1.64. The summed E-state index contributed by atoms with van der Waals surface area (Å²) >= 11 is 0. The third-order valence-electron chi connectivity index (χ3n) is 4.52. The largest absolute Gasteiger partial charge is 0.419 e. The molecule has 1 aliphatic rings. The van der Waals surface area contributed by atoms with Crippen LogP contribution in [0.5, 0.6) is 0 Å². The summed E-state index contributed by atoms with van der Waals surface area (Å²) < 4.78 is 34.4. The van der Waals surface area contributed by atoms with Crippen molar-refractivity contribution in [1.82, 2.24) is 14.2 Å². The molecule has 126 valence electrons. The highest BCUT2D eigenvalue weighted by atomic mass is 32.2. The first-order valence-electron chi connectivity index (χ1n) is 7.66. The van der Waals surface area contributed by atoms with Crippen LogP contribution in [0.3, 0.4) is 0 Å². The highest BCUT2D eigenvalue weighted by molar-refractivity contribution is 7.89. The Balaban J connectivity index is 1.89. The lowest BCUT2D eigenvalue weighted by molar-refractivity contribution is 0.344. The van der Waals surface area contributed by atoms with Gasteiger partial charge in [-0.1, -0.05) is 13.8 Å². The molecule has 1 aliphatic heterocycles. The van der Waals surface area contributed by atoms with Gasteiger partial charge in [0.05, 0.1) is 10.4 Å². The van der Waals surface area contributed by atoms with E-state index in [0.717, 1.165) is 13.1 Å². The topological polar surface area (TPSA) is 84.6 Å². The van der Waals surface area contributed by atoms with Gasteiger partial charge in [-0.3, -0.25) is 4.57 Å². The molecule has 7 nitrogen and oxygen atoms in total. The maximum Gasteiger partial charge on any atom is 0.419 e. The minimum absolute atomic E-state index is 0.112. The van der Waals surface area contributed by atoms with Crippen molar-refractivity contribution in [3.8, 4) is 0 Å². The fourth-order valence-corrected chi connectivity index (χ4v) is 4.38. The molecule has 1 aromatic carbocycles. The van der Waals surface area contributed by atoms with Crippen LogP contribution in [0.1, 0.15) is 13.8 Å². The van der Waals surface area contributed by atoms with E-state index < -0.39 is 15.8 Å². The van der Waals surface area contributed by atoms with Crippen LogP contribution in [0, 0.1) is 5.92 Å². The van der Waals surface area contributed by atoms with Crippen molar-refractivity contribution in [3.05, 3.63) is 28.7 Å². The van der Waals surface area contributed by atoms with Crippen molar-refractivity contribution in [2.75, 3.05) is 19.6 Å². The number of aromatic nitrogens is 1. The van der Waals surface area contributed by atoms with Crippen LogP contribution in [0.2, 0.25) is 0 Å². The molecule has 3 rings (SSSR count). The highest BCUT2D eigenvalue weighted by Gasteiger charge is 2.32. The first-order valence-corrected chi connectivity index (χ1v) is 9.14. The molecule has 1 aromatic heterocycles. The Morgan fingerprint density at radius 3 is 2.74 bits per heavy atom. The molecule has 8 heteroatoms. The van der Waals surface area contributed by atoms with Crippen molar-refractivity contribution in [2.24, 2.45) is 13.0 Å². The van der Waals surface area contributed by atoms with Gasteiger partial charge in [0.1, 0.15) is 0 Å². The van der Waals surface area contributed by atoms with E-state index in [1.165, 1.54) is 16.7 Å². The predicted molar refractivity (Wildman–Crippen MR) is 86.8 cm³/mol. The molecule has 0 radical (unpaired) electrons. The molecular weight excluding hydrogens is 318 g/mol. The number of oxazole rings is 1. The van der Waals surface area contributed by atoms with Gasteiger partial charge in [-0.2, -0.15) is 0 Å². The van der Waals surface area contributed by atoms with Crippen LogP contribution >= 0.6 is 0 Å². The summed E-state index contributed by atoms with van der Waals surface area (Å²) in [5.74, 6) is -0.256. The first-order chi connectivity index (χ1) is 10.8. The molecular formula is C15H21N3O4S. The van der Waals surface area contributed by atoms with E-state index in [2.05, 4.69) is 16.5 Å². The molecule has 0 aliphatic carbocycles. The van der Waals surface area contributed by atoms with Crippen molar-refractivity contribution >= 4 is 21.1 Å². The van der Waals surface area contributed by atoms with Gasteiger partial charge < -0.3 is 9.32 Å². The maximum absolute atomic E-state index is 12.6. The number of likely N-dealkylation sites (tertiary alicyclic amines) is 1. The van der Waals surface area contributed by atoms with E-state index in [4.69, 9.17) is 4.42 Å². The van der Waals surface area contributed by atoms with Crippen molar-refractivity contribution in [2.45, 2.75) is 24.8 Å². The van der Waals surface area contributed by atoms with Gasteiger partial charge in [0.25, 0.3) is 0 Å². The summed E-state index contributed by atoms with van der Waals surface area (Å²) in [5.41, 5.74) is 0.843. The van der Waals surface area contributed by atoms with E-state index >= 15 is 0 Å². The zero-order valence-electron chi connectivity index (χ0n) is 13.4. The van der Waals surface area contributed by atoms with Crippen LogP contribution in [0.25, 0.3) is 11.1 Å². The number of rotatable bonds is 4. The Bertz CT molecular complexity index is 884. The second-order valence-electron chi connectivity index (χ2n) is 6.11. The van der Waals surface area contributed by atoms with Gasteiger partial charge in [-0.15, -0.1) is 0 Å². The zero-order chi connectivity index (χ0) is 16.8. The molecule has 1 fully saturated rings. The molecule has 2 atom stereocenters. The lowest BCUT2D eigenvalue weighted by atomic mass is 10.1. The van der Waals surface area contributed by atoms with E-state index in [-0.39, 0.29) is 22.4 Å². The van der Waals surface area contributed by atoms with Crippen LogP contribution in [0.4, 0.5) is 0 Å². The Morgan fingerprint density at radius 1 is 1.35 bits per heavy atom. The monoisotopic (exact) mass is 339 g/mol. The number of hydrogen-bond acceptors (Lipinski definition) is 5. The van der Waals surface area contributed by atoms with Gasteiger partial charge in [-0.05, 0) is 24.6 Å². The molecule has 1 N–H and O–H groups in total. The van der Waals surface area contributed by atoms with Gasteiger partial charge >= 0.3 is 5.76 Å². The lowest BCUT2D eigenvalue weighted by Gasteiger charge is -2.16. The van der Waals surface area contributed by atoms with Crippen LogP contribution < -0.4 is 10.5 Å². The van der Waals surface area contributed by atoms with Crippen molar-refractivity contribution in [1.29, 1.82) is 0 Å². The van der Waals surface area contributed by atoms with Crippen LogP contribution in [0.15, 0.2) is 32.3 Å². The number of nitrogens with zero attached hydrogens (tertiary/aromatic N) is 2. The minimum Gasteiger partial charge on any atom is -0.408 e. The number of hydrogen-bond donors (Lipinski definition) is 1. The van der Waals surface area contributed by atoms with E-state index in [1.54, 1.807) is 13.1 Å². The number of likely N-dealkylation sites (N-methyl/N-ethyl adjacent to an activating group) is 1. The number of benzene rings is 1. The van der Waals surface area contributed by atoms with E-state index in [9.17, 15) is 13.2 Å². The fourth-order valence-electron chi connectivity index (χ4n) is 3.03. The van der Waals surface area contributed by atoms with Gasteiger partial charge in [0.15, 0.2) is 5.58 Å². The van der Waals surface area contributed by atoms with E-state index in [1.807, 2.05) is 6.92 Å². The van der Waals surface area contributed by atoms with Crippen LogP contribution in [-0.4, -0.2) is 43.6 Å². The third kappa shape index (κ3) is 2.93. The summed E-state index contributed by atoms with van der Waals surface area (Å²) in [6.07, 6.45) is 0. The molecule has 0 saturated carbocycles. The molecule has 0 unspecified atom stereocenters. The van der Waals surface area contributed by atoms with Crippen molar-refractivity contribution < 1.29 is 12.8 Å². The average Bonchev–Trinajstić information content (AvgIpc) is 2.99. The molecule has 0 amide bonds. The van der Waals surface area contributed by atoms with Crippen molar-refractivity contribution in [3.63, 3.8) is 0 Å². The SMILES string of the molecule is CCN1C[C@H](NS(=O)(=O)c2ccc3c(c2)oc(=O)n3C)[C@@H](C)C1. The number of fused-ring (bicyclic) bond motifs is 1. The number of nitrogens with one attached hydrogen (secondary N) is 1. The summed E-state index contributed by atoms with van der Waals surface area (Å²) in [7, 11) is -2.07. The molecule has 1 saturated heterocycles. The standard InChI is InChI=1S/C15H21N3O4S/c1-4-18-8-10(2)12(9-18)16-23(20,21)11-5-6-13-14(7-11)22-15(19)17(13)3/h5-7,10,12,16H,4,8-9H2,1-3H3/t10-,12-/m0/s1. The molecule has 23 heavy (non-hydrogen) atoms. The third-order valence-corrected chi connectivity index (χ3v) is 6.00. The van der Waals surface area contributed by atoms with Crippen LogP contribution in [-0.2, 0) is 17.1 Å². The average molecular weight is 339 g/mol. The predicted octanol–water partition coefficient (Wildman–Crippen LogP) is 0.750. The summed E-state index contributed by atoms with van der Waals surface area (Å²) in [4.78, 5) is 13.8. The molecule has 0 bridgehead atoms. The number of sulfonamides is 1. The van der Waals surface area contributed by atoms with Gasteiger partial charge in [-0.25, -0.2) is 17.9 Å². The maximum atomic E-state index is 12.6. The molecule has 0 spiro atoms. The Kier molecular flexibility index (Phi) is 4.07. The minimum atomic E-state index is -3.65. The van der Waals surface area contributed by atoms with E-state index in [0.29, 0.717) is 12.1 Å². The Labute approximate surface area is 134 Å². The quantitative estimate of drug-likeness (QED) is 0.888. The smallest absolute Gasteiger partial charge is 0.408 e. The molecule has 2 heterocycles. The molecule has 2 aromatic rings. The fraction of sp³-hybridized carbons (Fsp3) is 0.533. The second-order valence-corrected chi connectivity index (χ2v) is 7.83. The highest BCUT2D eigenvalue weighted by Crippen LogP contribution is 2.21. The van der Waals surface area contributed by atoms with Gasteiger partial charge in [0.2, 0.25) is 10.0 Å². The van der Waals surface area contributed by atoms with Gasteiger partial charge in [0, 0.05) is 32.2 Å². The second kappa shape index (κ2) is 5.77.